The van der Waals surface area contributed by atoms with Gasteiger partial charge in [0.25, 0.3) is 0 Å². The van der Waals surface area contributed by atoms with Gasteiger partial charge < -0.3 is 9.84 Å². The largest absolute Gasteiger partial charge is 0.481 e. The Morgan fingerprint density at radius 1 is 1.40 bits per heavy atom. The zero-order valence-electron chi connectivity index (χ0n) is 12.6. The van der Waals surface area contributed by atoms with E-state index in [1.165, 1.54) is 19.3 Å². The lowest BCUT2D eigenvalue weighted by Crippen LogP contribution is -2.52. The molecular formula is C16H27NO3. The molecule has 114 valence electrons. The summed E-state index contributed by atoms with van der Waals surface area (Å²) in [6.07, 6.45) is 8.48. The Balaban J connectivity index is 1.65. The van der Waals surface area contributed by atoms with Crippen LogP contribution in [0.1, 0.15) is 58.3 Å². The quantitative estimate of drug-likeness (QED) is 0.860. The van der Waals surface area contributed by atoms with E-state index in [1.54, 1.807) is 0 Å². The number of carbonyl (C=O) groups is 1. The van der Waals surface area contributed by atoms with Crippen LogP contribution >= 0.6 is 0 Å². The highest BCUT2D eigenvalue weighted by molar-refractivity contribution is 5.75. The van der Waals surface area contributed by atoms with E-state index < -0.39 is 11.4 Å². The maximum Gasteiger partial charge on any atom is 0.310 e. The fraction of sp³-hybridized carbons (Fsp3) is 0.938. The summed E-state index contributed by atoms with van der Waals surface area (Å²) in [4.78, 5) is 14.1. The topological polar surface area (TPSA) is 49.8 Å². The molecule has 3 aliphatic rings. The molecule has 0 aromatic carbocycles. The van der Waals surface area contributed by atoms with Gasteiger partial charge >= 0.3 is 5.97 Å². The predicted molar refractivity (Wildman–Crippen MR) is 76.7 cm³/mol. The molecule has 2 saturated heterocycles. The summed E-state index contributed by atoms with van der Waals surface area (Å²) in [5.41, 5.74) is -0.331. The Morgan fingerprint density at radius 2 is 2.20 bits per heavy atom. The van der Waals surface area contributed by atoms with Gasteiger partial charge in [-0.1, -0.05) is 13.3 Å². The third-order valence-electron chi connectivity index (χ3n) is 5.81. The van der Waals surface area contributed by atoms with Gasteiger partial charge in [0.05, 0.1) is 11.0 Å². The second-order valence-electron chi connectivity index (χ2n) is 7.09. The minimum Gasteiger partial charge on any atom is -0.481 e. The first-order chi connectivity index (χ1) is 9.59. The molecule has 0 aromatic heterocycles. The second kappa shape index (κ2) is 5.30. The first-order valence-electron chi connectivity index (χ1n) is 8.21. The Kier molecular flexibility index (Phi) is 3.80. The molecule has 1 saturated carbocycles. The van der Waals surface area contributed by atoms with E-state index in [2.05, 4.69) is 11.8 Å². The van der Waals surface area contributed by atoms with Crippen molar-refractivity contribution in [2.24, 2.45) is 5.41 Å². The molecule has 0 bridgehead atoms. The van der Waals surface area contributed by atoms with Crippen LogP contribution in [0.25, 0.3) is 0 Å². The van der Waals surface area contributed by atoms with Crippen molar-refractivity contribution in [1.82, 2.24) is 4.90 Å². The van der Waals surface area contributed by atoms with E-state index in [0.717, 1.165) is 51.8 Å². The number of rotatable bonds is 4. The lowest BCUT2D eigenvalue weighted by molar-refractivity contribution is -0.152. The Bertz CT molecular complexity index is 380. The summed E-state index contributed by atoms with van der Waals surface area (Å²) in [5, 5.41) is 9.62. The van der Waals surface area contributed by atoms with Crippen molar-refractivity contribution >= 4 is 5.97 Å². The van der Waals surface area contributed by atoms with Gasteiger partial charge in [-0.25, -0.2) is 0 Å². The van der Waals surface area contributed by atoms with Gasteiger partial charge in [-0.05, 0) is 51.5 Å². The van der Waals surface area contributed by atoms with Crippen LogP contribution < -0.4 is 0 Å². The fourth-order valence-electron chi connectivity index (χ4n) is 4.41. The van der Waals surface area contributed by atoms with E-state index >= 15 is 0 Å². The monoisotopic (exact) mass is 281 g/mol. The van der Waals surface area contributed by atoms with Crippen LogP contribution in [0.5, 0.6) is 0 Å². The number of hydrogen-bond acceptors (Lipinski definition) is 3. The van der Waals surface area contributed by atoms with E-state index in [1.807, 2.05) is 0 Å². The maximum atomic E-state index is 11.7. The van der Waals surface area contributed by atoms with E-state index in [9.17, 15) is 9.90 Å². The lowest BCUT2D eigenvalue weighted by atomic mass is 9.73. The Morgan fingerprint density at radius 3 is 2.80 bits per heavy atom. The van der Waals surface area contributed by atoms with Crippen LogP contribution in [0, 0.1) is 5.41 Å². The number of carboxylic acids is 1. The minimum absolute atomic E-state index is 0.155. The molecule has 20 heavy (non-hydrogen) atoms. The number of hydrogen-bond donors (Lipinski definition) is 1. The summed E-state index contributed by atoms with van der Waals surface area (Å²) in [6, 6.07) is 0.544. The van der Waals surface area contributed by atoms with E-state index in [-0.39, 0.29) is 5.60 Å². The van der Waals surface area contributed by atoms with Gasteiger partial charge in [0.2, 0.25) is 0 Å². The first-order valence-corrected chi connectivity index (χ1v) is 8.21. The molecule has 0 aromatic rings. The van der Waals surface area contributed by atoms with Crippen LogP contribution in [0.2, 0.25) is 0 Å². The van der Waals surface area contributed by atoms with Crippen molar-refractivity contribution in [3.63, 3.8) is 0 Å². The molecule has 3 rings (SSSR count). The summed E-state index contributed by atoms with van der Waals surface area (Å²) < 4.78 is 6.00. The van der Waals surface area contributed by atoms with Crippen molar-refractivity contribution in [3.05, 3.63) is 0 Å². The molecule has 0 radical (unpaired) electrons. The third kappa shape index (κ3) is 2.37. The van der Waals surface area contributed by atoms with Gasteiger partial charge in [0.1, 0.15) is 0 Å². The summed E-state index contributed by atoms with van der Waals surface area (Å²) in [6.45, 7) is 4.64. The highest BCUT2D eigenvalue weighted by atomic mass is 16.5. The van der Waals surface area contributed by atoms with Crippen molar-refractivity contribution < 1.29 is 14.6 Å². The molecule has 2 heterocycles. The van der Waals surface area contributed by atoms with Gasteiger partial charge in [-0.15, -0.1) is 0 Å². The van der Waals surface area contributed by atoms with Crippen LogP contribution in [0.3, 0.4) is 0 Å². The summed E-state index contributed by atoms with van der Waals surface area (Å²) >= 11 is 0. The highest BCUT2D eigenvalue weighted by Crippen LogP contribution is 2.45. The number of ether oxygens (including phenoxy) is 1. The molecule has 4 nitrogen and oxygen atoms in total. The van der Waals surface area contributed by atoms with E-state index in [4.69, 9.17) is 4.74 Å². The number of aliphatic carboxylic acids is 1. The molecule has 4 heteroatoms. The van der Waals surface area contributed by atoms with Crippen molar-refractivity contribution in [2.45, 2.75) is 69.9 Å². The minimum atomic E-state index is -0.590. The lowest BCUT2D eigenvalue weighted by Gasteiger charge is -2.49. The van der Waals surface area contributed by atoms with Gasteiger partial charge in [-0.2, -0.15) is 0 Å². The molecule has 0 amide bonds. The van der Waals surface area contributed by atoms with Crippen molar-refractivity contribution in [3.8, 4) is 0 Å². The Labute approximate surface area is 121 Å². The number of likely N-dealkylation sites (tertiary alicyclic amines) is 1. The predicted octanol–water partition coefficient (Wildman–Crippen LogP) is 2.66. The fourth-order valence-corrected chi connectivity index (χ4v) is 4.41. The van der Waals surface area contributed by atoms with Gasteiger partial charge in [-0.3, -0.25) is 9.69 Å². The maximum absolute atomic E-state index is 11.7. The molecule has 1 spiro atoms. The van der Waals surface area contributed by atoms with E-state index in [0.29, 0.717) is 6.04 Å². The molecule has 2 aliphatic heterocycles. The second-order valence-corrected chi connectivity index (χ2v) is 7.09. The molecule has 1 aliphatic carbocycles. The zero-order valence-corrected chi connectivity index (χ0v) is 12.6. The average molecular weight is 281 g/mol. The summed E-state index contributed by atoms with van der Waals surface area (Å²) in [5.74, 6) is -0.590. The number of carboxylic acid groups (broad SMARTS) is 1. The molecular weight excluding hydrogens is 254 g/mol. The van der Waals surface area contributed by atoms with Crippen LogP contribution in [0.4, 0.5) is 0 Å². The number of nitrogens with zero attached hydrogens (tertiary/aromatic N) is 1. The molecule has 2 atom stereocenters. The molecule has 3 fully saturated rings. The van der Waals surface area contributed by atoms with Crippen LogP contribution in [-0.4, -0.2) is 47.3 Å². The van der Waals surface area contributed by atoms with Gasteiger partial charge in [0.15, 0.2) is 0 Å². The standard InChI is InChI=1S/C16H27NO3/c1-2-5-15(14(18)19)8-9-17(12-15)13-4-10-20-16(11-13)6-3-7-16/h13H,2-12H2,1H3,(H,18,19). The highest BCUT2D eigenvalue weighted by Gasteiger charge is 2.49. The zero-order chi connectivity index (χ0) is 14.2. The average Bonchev–Trinajstić information content (AvgIpc) is 2.83. The van der Waals surface area contributed by atoms with Crippen molar-refractivity contribution in [2.75, 3.05) is 19.7 Å². The first kappa shape index (κ1) is 14.3. The normalized spacial score (nSPS) is 37.0. The van der Waals surface area contributed by atoms with Gasteiger partial charge in [0, 0.05) is 19.2 Å². The summed E-state index contributed by atoms with van der Waals surface area (Å²) in [7, 11) is 0. The SMILES string of the molecule is CCCC1(C(=O)O)CCN(C2CCOC3(CCC3)C2)C1. The molecule has 1 N–H and O–H groups in total. The molecule has 2 unspecified atom stereocenters. The van der Waals surface area contributed by atoms with Crippen molar-refractivity contribution in [1.29, 1.82) is 0 Å². The third-order valence-corrected chi connectivity index (χ3v) is 5.81. The Hall–Kier alpha value is -0.610. The van der Waals surface area contributed by atoms with Crippen LogP contribution in [0.15, 0.2) is 0 Å². The van der Waals surface area contributed by atoms with Crippen LogP contribution in [-0.2, 0) is 9.53 Å². The smallest absolute Gasteiger partial charge is 0.310 e.